The Kier molecular flexibility index (Phi) is 5.21. The summed E-state index contributed by atoms with van der Waals surface area (Å²) in [4.78, 5) is 13.5. The van der Waals surface area contributed by atoms with Crippen LogP contribution in [0.1, 0.15) is 16.8 Å². The highest BCUT2D eigenvalue weighted by molar-refractivity contribution is 5.54. The highest BCUT2D eigenvalue weighted by Gasteiger charge is 2.19. The SMILES string of the molecule is CN(C)c1ccc(CN2CCc3nc(Nc4ccccc4F)ncc3C2)cc1. The number of anilines is 3. The first-order valence-corrected chi connectivity index (χ1v) is 9.43. The zero-order valence-corrected chi connectivity index (χ0v) is 16.2. The third kappa shape index (κ3) is 4.12. The maximum atomic E-state index is 13.8. The van der Waals surface area contributed by atoms with Gasteiger partial charge in [0.15, 0.2) is 0 Å². The largest absolute Gasteiger partial charge is 0.378 e. The van der Waals surface area contributed by atoms with E-state index in [0.717, 1.165) is 37.3 Å². The summed E-state index contributed by atoms with van der Waals surface area (Å²) in [5.41, 5.74) is 5.06. The summed E-state index contributed by atoms with van der Waals surface area (Å²) in [6, 6.07) is 15.2. The quantitative estimate of drug-likeness (QED) is 0.729. The fourth-order valence-corrected chi connectivity index (χ4v) is 3.41. The molecule has 28 heavy (non-hydrogen) atoms. The van der Waals surface area contributed by atoms with Gasteiger partial charge >= 0.3 is 0 Å². The fourth-order valence-electron chi connectivity index (χ4n) is 3.41. The molecular formula is C22H24FN5. The fraction of sp³-hybridized carbons (Fsp3) is 0.273. The van der Waals surface area contributed by atoms with Gasteiger partial charge in [-0.2, -0.15) is 0 Å². The minimum absolute atomic E-state index is 0.310. The van der Waals surface area contributed by atoms with Crippen molar-refractivity contribution in [2.75, 3.05) is 30.9 Å². The van der Waals surface area contributed by atoms with Crippen LogP contribution in [0.25, 0.3) is 0 Å². The zero-order chi connectivity index (χ0) is 19.5. The number of nitrogens with zero attached hydrogens (tertiary/aromatic N) is 4. The van der Waals surface area contributed by atoms with Crippen molar-refractivity contribution in [3.63, 3.8) is 0 Å². The predicted molar refractivity (Wildman–Crippen MR) is 110 cm³/mol. The second kappa shape index (κ2) is 7.94. The van der Waals surface area contributed by atoms with Gasteiger partial charge in [0.2, 0.25) is 5.95 Å². The van der Waals surface area contributed by atoms with Gasteiger partial charge in [-0.3, -0.25) is 4.90 Å². The van der Waals surface area contributed by atoms with Gasteiger partial charge in [0.25, 0.3) is 0 Å². The van der Waals surface area contributed by atoms with E-state index in [0.29, 0.717) is 11.6 Å². The van der Waals surface area contributed by atoms with Gasteiger partial charge in [0.1, 0.15) is 5.82 Å². The monoisotopic (exact) mass is 377 g/mol. The molecule has 0 saturated carbocycles. The number of hydrogen-bond acceptors (Lipinski definition) is 5. The van der Waals surface area contributed by atoms with E-state index in [4.69, 9.17) is 0 Å². The highest BCUT2D eigenvalue weighted by atomic mass is 19.1. The molecule has 0 saturated heterocycles. The molecule has 0 aliphatic carbocycles. The third-order valence-corrected chi connectivity index (χ3v) is 4.99. The lowest BCUT2D eigenvalue weighted by Gasteiger charge is -2.28. The van der Waals surface area contributed by atoms with Gasteiger partial charge in [-0.05, 0) is 29.8 Å². The summed E-state index contributed by atoms with van der Waals surface area (Å²) in [6.07, 6.45) is 2.71. The smallest absolute Gasteiger partial charge is 0.227 e. The lowest BCUT2D eigenvalue weighted by atomic mass is 10.1. The summed E-state index contributed by atoms with van der Waals surface area (Å²) >= 11 is 0. The number of benzene rings is 2. The van der Waals surface area contributed by atoms with Crippen LogP contribution in [0.2, 0.25) is 0 Å². The Morgan fingerprint density at radius 2 is 1.89 bits per heavy atom. The molecular weight excluding hydrogens is 353 g/mol. The Labute approximate surface area is 164 Å². The normalized spacial score (nSPS) is 13.8. The van der Waals surface area contributed by atoms with Crippen LogP contribution in [0.3, 0.4) is 0 Å². The van der Waals surface area contributed by atoms with Crippen LogP contribution in [-0.2, 0) is 19.5 Å². The number of rotatable bonds is 5. The molecule has 5 nitrogen and oxygen atoms in total. The molecule has 0 radical (unpaired) electrons. The molecule has 144 valence electrons. The van der Waals surface area contributed by atoms with Crippen molar-refractivity contribution in [2.24, 2.45) is 0 Å². The maximum Gasteiger partial charge on any atom is 0.227 e. The first-order chi connectivity index (χ1) is 13.6. The average molecular weight is 377 g/mol. The number of para-hydroxylation sites is 1. The van der Waals surface area contributed by atoms with E-state index in [1.54, 1.807) is 18.2 Å². The summed E-state index contributed by atoms with van der Waals surface area (Å²) in [5, 5.41) is 2.97. The third-order valence-electron chi connectivity index (χ3n) is 4.99. The van der Waals surface area contributed by atoms with Gasteiger partial charge in [-0.15, -0.1) is 0 Å². The van der Waals surface area contributed by atoms with E-state index in [2.05, 4.69) is 49.4 Å². The lowest BCUT2D eigenvalue weighted by molar-refractivity contribution is 0.243. The van der Waals surface area contributed by atoms with Gasteiger partial charge in [-0.1, -0.05) is 24.3 Å². The molecule has 0 amide bonds. The molecule has 0 spiro atoms. The summed E-state index contributed by atoms with van der Waals surface area (Å²) in [5.74, 6) is 0.131. The molecule has 0 unspecified atom stereocenters. The standard InChI is InChI=1S/C22H24FN5/c1-27(2)18-9-7-16(8-10-18)14-28-12-11-20-17(15-28)13-24-22(25-20)26-21-6-4-3-5-19(21)23/h3-10,13H,11-12,14-15H2,1-2H3,(H,24,25,26). The summed E-state index contributed by atoms with van der Waals surface area (Å²) in [6.45, 7) is 2.67. The van der Waals surface area contributed by atoms with Gasteiger partial charge in [-0.25, -0.2) is 14.4 Å². The topological polar surface area (TPSA) is 44.3 Å². The van der Waals surface area contributed by atoms with Crippen LogP contribution in [-0.4, -0.2) is 35.5 Å². The Bertz CT molecular complexity index is 955. The van der Waals surface area contributed by atoms with Crippen LogP contribution in [0.5, 0.6) is 0 Å². The Hall–Kier alpha value is -2.99. The van der Waals surface area contributed by atoms with E-state index in [1.807, 2.05) is 20.3 Å². The number of aromatic nitrogens is 2. The molecule has 0 atom stereocenters. The molecule has 0 fully saturated rings. The molecule has 3 aromatic rings. The minimum atomic E-state index is -0.310. The van der Waals surface area contributed by atoms with E-state index >= 15 is 0 Å². The lowest BCUT2D eigenvalue weighted by Crippen LogP contribution is -2.31. The molecule has 1 aromatic heterocycles. The second-order valence-electron chi connectivity index (χ2n) is 7.29. The van der Waals surface area contributed by atoms with Crippen molar-refractivity contribution in [3.05, 3.63) is 77.4 Å². The maximum absolute atomic E-state index is 13.8. The van der Waals surface area contributed by atoms with Crippen molar-refractivity contribution in [3.8, 4) is 0 Å². The van der Waals surface area contributed by atoms with E-state index in [1.165, 1.54) is 17.3 Å². The molecule has 1 N–H and O–H groups in total. The number of nitrogens with one attached hydrogen (secondary N) is 1. The zero-order valence-electron chi connectivity index (χ0n) is 16.2. The van der Waals surface area contributed by atoms with Crippen molar-refractivity contribution >= 4 is 17.3 Å². The number of fused-ring (bicyclic) bond motifs is 1. The number of halogens is 1. The summed E-state index contributed by atoms with van der Waals surface area (Å²) < 4.78 is 13.8. The molecule has 4 rings (SSSR count). The van der Waals surface area contributed by atoms with Crippen molar-refractivity contribution in [1.82, 2.24) is 14.9 Å². The summed E-state index contributed by atoms with van der Waals surface area (Å²) in [7, 11) is 4.09. The molecule has 1 aliphatic heterocycles. The Morgan fingerprint density at radius 3 is 2.64 bits per heavy atom. The van der Waals surface area contributed by atoms with Crippen LogP contribution >= 0.6 is 0 Å². The van der Waals surface area contributed by atoms with Gasteiger partial charge in [0, 0.05) is 57.6 Å². The van der Waals surface area contributed by atoms with Crippen LogP contribution in [0, 0.1) is 5.82 Å². The second-order valence-corrected chi connectivity index (χ2v) is 7.29. The van der Waals surface area contributed by atoms with E-state index in [-0.39, 0.29) is 5.82 Å². The van der Waals surface area contributed by atoms with Crippen LogP contribution in [0.15, 0.2) is 54.7 Å². The average Bonchev–Trinajstić information content (AvgIpc) is 2.70. The van der Waals surface area contributed by atoms with Gasteiger partial charge < -0.3 is 10.2 Å². The predicted octanol–water partition coefficient (Wildman–Crippen LogP) is 3.98. The van der Waals surface area contributed by atoms with Crippen molar-refractivity contribution in [2.45, 2.75) is 19.5 Å². The molecule has 1 aliphatic rings. The molecule has 2 aromatic carbocycles. The number of hydrogen-bond donors (Lipinski definition) is 1. The molecule has 2 heterocycles. The van der Waals surface area contributed by atoms with E-state index < -0.39 is 0 Å². The first-order valence-electron chi connectivity index (χ1n) is 9.43. The van der Waals surface area contributed by atoms with Crippen LogP contribution < -0.4 is 10.2 Å². The molecule has 6 heteroatoms. The first kappa shape index (κ1) is 18.4. The van der Waals surface area contributed by atoms with Gasteiger partial charge in [0.05, 0.1) is 11.4 Å². The van der Waals surface area contributed by atoms with Crippen LogP contribution in [0.4, 0.5) is 21.7 Å². The highest BCUT2D eigenvalue weighted by Crippen LogP contribution is 2.22. The van der Waals surface area contributed by atoms with Crippen molar-refractivity contribution < 1.29 is 4.39 Å². The minimum Gasteiger partial charge on any atom is -0.378 e. The van der Waals surface area contributed by atoms with Crippen molar-refractivity contribution in [1.29, 1.82) is 0 Å². The Morgan fingerprint density at radius 1 is 1.11 bits per heavy atom. The Balaban J connectivity index is 1.42. The molecule has 0 bridgehead atoms. The van der Waals surface area contributed by atoms with E-state index in [9.17, 15) is 4.39 Å².